The molecule has 0 unspecified atom stereocenters. The Hall–Kier alpha value is -2.88. The molecule has 3 aromatic rings. The number of nitrogens with zero attached hydrogens (tertiary/aromatic N) is 4. The number of carbonyl (C=O) groups is 1. The van der Waals surface area contributed by atoms with Gasteiger partial charge < -0.3 is 19.3 Å². The van der Waals surface area contributed by atoms with Crippen molar-refractivity contribution in [3.8, 4) is 11.5 Å². The fourth-order valence-electron chi connectivity index (χ4n) is 6.88. The average molecular weight is 739 g/mol. The molecule has 0 aromatic heterocycles. The normalized spacial score (nSPS) is 21.2. The van der Waals surface area contributed by atoms with Crippen LogP contribution in [-0.2, 0) is 0 Å². The molecule has 3 aliphatic rings. The SMILES string of the molecule is COc1ccc(C2=N[C@H](c3ccc(Br)cc3)[C@H](c3ccc(Br)cc3)N2C(=O)N2CCC(N3CCCCC3)CC2)c(OC(C)C)c1. The van der Waals surface area contributed by atoms with Gasteiger partial charge in [0.2, 0.25) is 0 Å². The van der Waals surface area contributed by atoms with Crippen LogP contribution in [0.2, 0.25) is 0 Å². The number of methoxy groups -OCH3 is 1. The minimum absolute atomic E-state index is 0.00955. The van der Waals surface area contributed by atoms with E-state index in [2.05, 4.69) is 61.0 Å². The van der Waals surface area contributed by atoms with Crippen molar-refractivity contribution in [1.82, 2.24) is 14.7 Å². The van der Waals surface area contributed by atoms with Crippen molar-refractivity contribution >= 4 is 43.7 Å². The van der Waals surface area contributed by atoms with Crippen molar-refractivity contribution in [2.24, 2.45) is 4.99 Å². The maximum absolute atomic E-state index is 14.9. The van der Waals surface area contributed by atoms with Gasteiger partial charge in [-0.15, -0.1) is 0 Å². The number of amides is 2. The highest BCUT2D eigenvalue weighted by Crippen LogP contribution is 2.46. The Bertz CT molecular complexity index is 1500. The first kappa shape index (κ1) is 32.1. The fourth-order valence-corrected chi connectivity index (χ4v) is 7.41. The van der Waals surface area contributed by atoms with E-state index in [4.69, 9.17) is 14.5 Å². The molecule has 2 amide bonds. The summed E-state index contributed by atoms with van der Waals surface area (Å²) in [6, 6.07) is 22.2. The highest BCUT2D eigenvalue weighted by atomic mass is 79.9. The minimum Gasteiger partial charge on any atom is -0.497 e. The summed E-state index contributed by atoms with van der Waals surface area (Å²) in [6.45, 7) is 7.83. The maximum Gasteiger partial charge on any atom is 0.326 e. The third-order valence-electron chi connectivity index (χ3n) is 9.13. The van der Waals surface area contributed by atoms with E-state index >= 15 is 0 Å². The number of likely N-dealkylation sites (tertiary alicyclic amines) is 2. The number of carbonyl (C=O) groups excluding carboxylic acids is 1. The molecule has 2 fully saturated rings. The summed E-state index contributed by atoms with van der Waals surface area (Å²) in [5.41, 5.74) is 2.85. The van der Waals surface area contributed by atoms with E-state index in [9.17, 15) is 4.79 Å². The lowest BCUT2D eigenvalue weighted by Crippen LogP contribution is -2.52. The Kier molecular flexibility index (Phi) is 10.2. The second-order valence-electron chi connectivity index (χ2n) is 12.4. The van der Waals surface area contributed by atoms with Crippen LogP contribution in [0.15, 0.2) is 80.7 Å². The number of hydrogen-bond donors (Lipinski definition) is 0. The van der Waals surface area contributed by atoms with Crippen molar-refractivity contribution < 1.29 is 14.3 Å². The largest absolute Gasteiger partial charge is 0.497 e. The van der Waals surface area contributed by atoms with Crippen LogP contribution in [-0.4, -0.2) is 72.0 Å². The molecule has 0 spiro atoms. The van der Waals surface area contributed by atoms with Crippen LogP contribution >= 0.6 is 31.9 Å². The van der Waals surface area contributed by atoms with Gasteiger partial charge >= 0.3 is 6.03 Å². The van der Waals surface area contributed by atoms with E-state index in [-0.39, 0.29) is 24.2 Å². The van der Waals surface area contributed by atoms with Gasteiger partial charge in [-0.05, 0) is 100 Å². The molecule has 3 heterocycles. The van der Waals surface area contributed by atoms with Crippen LogP contribution in [0.3, 0.4) is 0 Å². The van der Waals surface area contributed by atoms with Gasteiger partial charge in [0.05, 0.1) is 24.8 Å². The predicted molar refractivity (Wildman–Crippen MR) is 186 cm³/mol. The topological polar surface area (TPSA) is 57.6 Å². The molecule has 2 atom stereocenters. The molecule has 0 aliphatic carbocycles. The van der Waals surface area contributed by atoms with Crippen molar-refractivity contribution in [3.63, 3.8) is 0 Å². The maximum atomic E-state index is 14.9. The minimum atomic E-state index is -0.337. The highest BCUT2D eigenvalue weighted by molar-refractivity contribution is 9.10. The summed E-state index contributed by atoms with van der Waals surface area (Å²) in [5, 5.41) is 0. The van der Waals surface area contributed by atoms with Crippen LogP contribution in [0.5, 0.6) is 11.5 Å². The van der Waals surface area contributed by atoms with Crippen molar-refractivity contribution in [3.05, 3.63) is 92.4 Å². The van der Waals surface area contributed by atoms with Crippen LogP contribution in [0, 0.1) is 0 Å². The molecule has 0 N–H and O–H groups in total. The number of halogens is 2. The summed E-state index contributed by atoms with van der Waals surface area (Å²) in [6.07, 6.45) is 5.81. The molecular weight excluding hydrogens is 696 g/mol. The van der Waals surface area contributed by atoms with Gasteiger partial charge in [0.1, 0.15) is 23.4 Å². The number of urea groups is 1. The fraction of sp³-hybridized carbons (Fsp3) is 0.444. The highest BCUT2D eigenvalue weighted by Gasteiger charge is 2.45. The lowest BCUT2D eigenvalue weighted by Gasteiger charge is -2.42. The molecule has 0 radical (unpaired) electrons. The zero-order valence-corrected chi connectivity index (χ0v) is 29.5. The van der Waals surface area contributed by atoms with Gasteiger partial charge in [0.25, 0.3) is 0 Å². The quantitative estimate of drug-likeness (QED) is 0.244. The predicted octanol–water partition coefficient (Wildman–Crippen LogP) is 8.62. The zero-order chi connectivity index (χ0) is 31.5. The molecule has 2 saturated heterocycles. The van der Waals surface area contributed by atoms with Crippen molar-refractivity contribution in [2.75, 3.05) is 33.3 Å². The molecule has 3 aromatic carbocycles. The van der Waals surface area contributed by atoms with Crippen LogP contribution in [0.1, 0.15) is 74.7 Å². The lowest BCUT2D eigenvalue weighted by molar-refractivity contribution is 0.0927. The number of ether oxygens (including phenoxy) is 2. The Balaban J connectivity index is 1.42. The van der Waals surface area contributed by atoms with Crippen LogP contribution in [0.25, 0.3) is 0 Å². The number of amidine groups is 1. The first-order valence-corrected chi connectivity index (χ1v) is 17.7. The Morgan fingerprint density at radius 2 is 1.47 bits per heavy atom. The Morgan fingerprint density at radius 1 is 0.844 bits per heavy atom. The second-order valence-corrected chi connectivity index (χ2v) is 14.3. The average Bonchev–Trinajstić information content (AvgIpc) is 3.45. The monoisotopic (exact) mass is 736 g/mol. The molecule has 0 saturated carbocycles. The third-order valence-corrected chi connectivity index (χ3v) is 10.2. The number of rotatable bonds is 7. The van der Waals surface area contributed by atoms with E-state index in [0.717, 1.165) is 51.6 Å². The van der Waals surface area contributed by atoms with E-state index in [0.29, 0.717) is 23.4 Å². The standard InChI is InChI=1S/C36H42Br2N4O3/c1-24(2)45-32-23-30(44-3)15-16-31(32)35-39-33(25-7-11-27(37)12-8-25)34(26-9-13-28(38)14-10-26)42(35)36(43)41-21-17-29(18-22-41)40-19-5-4-6-20-40/h7-16,23-24,29,33-34H,4-6,17-22H2,1-3H3/t33-,34+/m1/s1. The zero-order valence-electron chi connectivity index (χ0n) is 26.3. The molecule has 3 aliphatic heterocycles. The molecule has 45 heavy (non-hydrogen) atoms. The summed E-state index contributed by atoms with van der Waals surface area (Å²) in [5.74, 6) is 1.97. The van der Waals surface area contributed by atoms with Gasteiger partial charge in [-0.2, -0.15) is 0 Å². The first-order valence-electron chi connectivity index (χ1n) is 16.1. The number of piperidine rings is 2. The van der Waals surface area contributed by atoms with Gasteiger partial charge in [-0.1, -0.05) is 62.5 Å². The van der Waals surface area contributed by atoms with E-state index in [1.165, 1.54) is 32.4 Å². The van der Waals surface area contributed by atoms with E-state index < -0.39 is 0 Å². The van der Waals surface area contributed by atoms with Gasteiger partial charge in [-0.3, -0.25) is 9.89 Å². The van der Waals surface area contributed by atoms with Gasteiger partial charge in [0, 0.05) is 34.1 Å². The van der Waals surface area contributed by atoms with E-state index in [1.807, 2.05) is 66.1 Å². The van der Waals surface area contributed by atoms with Crippen LogP contribution < -0.4 is 9.47 Å². The lowest BCUT2D eigenvalue weighted by atomic mass is 9.93. The Morgan fingerprint density at radius 3 is 2.07 bits per heavy atom. The summed E-state index contributed by atoms with van der Waals surface area (Å²) in [7, 11) is 1.65. The summed E-state index contributed by atoms with van der Waals surface area (Å²) < 4.78 is 13.9. The third kappa shape index (κ3) is 7.10. The number of aliphatic imine (C=N–C) groups is 1. The number of hydrogen-bond acceptors (Lipinski definition) is 5. The summed E-state index contributed by atoms with van der Waals surface area (Å²) >= 11 is 7.20. The molecule has 238 valence electrons. The molecule has 7 nitrogen and oxygen atoms in total. The van der Waals surface area contributed by atoms with Gasteiger partial charge in [0.15, 0.2) is 0 Å². The summed E-state index contributed by atoms with van der Waals surface area (Å²) in [4.78, 5) is 26.9. The van der Waals surface area contributed by atoms with Crippen LogP contribution in [0.4, 0.5) is 4.79 Å². The van der Waals surface area contributed by atoms with Gasteiger partial charge in [-0.25, -0.2) is 4.79 Å². The molecule has 0 bridgehead atoms. The molecule has 6 rings (SSSR count). The molecular formula is C36H42Br2N4O3. The Labute approximate surface area is 283 Å². The smallest absolute Gasteiger partial charge is 0.326 e. The van der Waals surface area contributed by atoms with Crippen molar-refractivity contribution in [1.29, 1.82) is 0 Å². The van der Waals surface area contributed by atoms with E-state index in [1.54, 1.807) is 7.11 Å². The van der Waals surface area contributed by atoms with Crippen molar-refractivity contribution in [2.45, 2.75) is 70.2 Å². The molecule has 9 heteroatoms. The first-order chi connectivity index (χ1) is 21.8. The second kappa shape index (κ2) is 14.3. The number of benzene rings is 3.